The molecule has 0 N–H and O–H groups in total. The summed E-state index contributed by atoms with van der Waals surface area (Å²) in [7, 11) is 0. The van der Waals surface area contributed by atoms with Gasteiger partial charge in [0.05, 0.1) is 5.75 Å². The van der Waals surface area contributed by atoms with Crippen molar-refractivity contribution in [1.82, 2.24) is 0 Å². The number of carbonyl (C=O) groups is 1. The van der Waals surface area contributed by atoms with E-state index in [0.717, 1.165) is 5.56 Å². The zero-order valence-corrected chi connectivity index (χ0v) is 13.1. The minimum Gasteiger partial charge on any atom is -0.295 e. The number of halogens is 3. The van der Waals surface area contributed by atoms with E-state index in [2.05, 4.69) is 0 Å². The minimum absolute atomic E-state index is 0.0679. The van der Waals surface area contributed by atoms with E-state index in [1.54, 1.807) is 35.2 Å². The molecule has 1 atom stereocenters. The van der Waals surface area contributed by atoms with Gasteiger partial charge in [0.2, 0.25) is 5.91 Å². The summed E-state index contributed by atoms with van der Waals surface area (Å²) in [5, 5.41) is 0.760. The molecule has 0 aromatic heterocycles. The molecule has 0 bridgehead atoms. The van der Waals surface area contributed by atoms with Gasteiger partial charge in [-0.2, -0.15) is 0 Å². The van der Waals surface area contributed by atoms with Crippen LogP contribution in [0.4, 0.5) is 10.1 Å². The fraction of sp³-hybridized carbons (Fsp3) is 0.133. The smallest absolute Gasteiger partial charge is 0.238 e. The molecule has 1 unspecified atom stereocenters. The number of hydrogen-bond acceptors (Lipinski definition) is 2. The summed E-state index contributed by atoms with van der Waals surface area (Å²) >= 11 is 13.6. The van der Waals surface area contributed by atoms with Gasteiger partial charge in [-0.15, -0.1) is 11.8 Å². The third-order valence-electron chi connectivity index (χ3n) is 3.18. The van der Waals surface area contributed by atoms with Gasteiger partial charge in [-0.3, -0.25) is 9.69 Å². The lowest BCUT2D eigenvalue weighted by Gasteiger charge is -2.25. The summed E-state index contributed by atoms with van der Waals surface area (Å²) in [5.41, 5.74) is 1.32. The third kappa shape index (κ3) is 2.89. The molecule has 1 aliphatic heterocycles. The standard InChI is InChI=1S/C15H10Cl2FNOS/c16-9-4-5-12(13(17)6-9)15-19(14(20)8-21-15)11-3-1-2-10(18)7-11/h1-7,15H,8H2. The molecule has 2 aromatic rings. The summed E-state index contributed by atoms with van der Waals surface area (Å²) in [4.78, 5) is 13.7. The molecule has 6 heteroatoms. The topological polar surface area (TPSA) is 20.3 Å². The number of thioether (sulfide) groups is 1. The Kier molecular flexibility index (Phi) is 4.11. The zero-order valence-electron chi connectivity index (χ0n) is 10.7. The number of benzene rings is 2. The van der Waals surface area contributed by atoms with Crippen LogP contribution in [0, 0.1) is 5.82 Å². The van der Waals surface area contributed by atoms with E-state index in [9.17, 15) is 9.18 Å². The molecule has 0 aliphatic carbocycles. The molecule has 1 amide bonds. The quantitative estimate of drug-likeness (QED) is 0.773. The van der Waals surface area contributed by atoms with Crippen LogP contribution in [0.3, 0.4) is 0 Å². The Hall–Kier alpha value is -1.23. The molecule has 2 nitrogen and oxygen atoms in total. The van der Waals surface area contributed by atoms with Gasteiger partial charge in [0.25, 0.3) is 0 Å². The number of amides is 1. The van der Waals surface area contributed by atoms with Gasteiger partial charge in [-0.05, 0) is 30.3 Å². The van der Waals surface area contributed by atoms with E-state index >= 15 is 0 Å². The van der Waals surface area contributed by atoms with Crippen LogP contribution >= 0.6 is 35.0 Å². The summed E-state index contributed by atoms with van der Waals surface area (Å²) in [6.45, 7) is 0. The second-order valence-electron chi connectivity index (χ2n) is 4.57. The van der Waals surface area contributed by atoms with E-state index in [1.807, 2.05) is 0 Å². The van der Waals surface area contributed by atoms with Gasteiger partial charge in [0.15, 0.2) is 0 Å². The van der Waals surface area contributed by atoms with Crippen molar-refractivity contribution in [3.05, 3.63) is 63.9 Å². The van der Waals surface area contributed by atoms with Crippen molar-refractivity contribution in [2.24, 2.45) is 0 Å². The van der Waals surface area contributed by atoms with Crippen molar-refractivity contribution in [3.63, 3.8) is 0 Å². The predicted octanol–water partition coefficient (Wildman–Crippen LogP) is 4.91. The number of rotatable bonds is 2. The summed E-state index contributed by atoms with van der Waals surface area (Å²) in [6.07, 6.45) is 0. The van der Waals surface area contributed by atoms with Crippen molar-refractivity contribution < 1.29 is 9.18 Å². The normalized spacial score (nSPS) is 18.3. The molecular formula is C15H10Cl2FNOS. The molecule has 1 saturated heterocycles. The van der Waals surface area contributed by atoms with Crippen molar-refractivity contribution >= 4 is 46.6 Å². The molecule has 1 aliphatic rings. The van der Waals surface area contributed by atoms with E-state index in [0.29, 0.717) is 21.5 Å². The second kappa shape index (κ2) is 5.87. The SMILES string of the molecule is O=C1CSC(c2ccc(Cl)cc2Cl)N1c1cccc(F)c1. The Labute approximate surface area is 135 Å². The maximum absolute atomic E-state index is 13.4. The molecular weight excluding hydrogens is 332 g/mol. The Bertz CT molecular complexity index is 710. The Morgan fingerprint density at radius 1 is 1.19 bits per heavy atom. The molecule has 0 saturated carbocycles. The molecule has 2 aromatic carbocycles. The third-order valence-corrected chi connectivity index (χ3v) is 4.94. The first kappa shape index (κ1) is 14.7. The highest BCUT2D eigenvalue weighted by molar-refractivity contribution is 8.00. The first-order chi connectivity index (χ1) is 10.1. The van der Waals surface area contributed by atoms with Gasteiger partial charge in [-0.1, -0.05) is 35.3 Å². The molecule has 21 heavy (non-hydrogen) atoms. The number of hydrogen-bond donors (Lipinski definition) is 0. The van der Waals surface area contributed by atoms with E-state index in [1.165, 1.54) is 23.9 Å². The van der Waals surface area contributed by atoms with Gasteiger partial charge in [0.1, 0.15) is 11.2 Å². The number of carbonyl (C=O) groups excluding carboxylic acids is 1. The monoisotopic (exact) mass is 341 g/mol. The van der Waals surface area contributed by atoms with Crippen LogP contribution in [0.15, 0.2) is 42.5 Å². The fourth-order valence-electron chi connectivity index (χ4n) is 2.26. The average molecular weight is 342 g/mol. The highest BCUT2D eigenvalue weighted by atomic mass is 35.5. The molecule has 0 spiro atoms. The summed E-state index contributed by atoms with van der Waals surface area (Å²) in [5.74, 6) is -0.111. The van der Waals surface area contributed by atoms with Crippen molar-refractivity contribution in [2.45, 2.75) is 5.37 Å². The lowest BCUT2D eigenvalue weighted by atomic mass is 10.2. The molecule has 108 valence electrons. The highest BCUT2D eigenvalue weighted by Gasteiger charge is 2.35. The largest absolute Gasteiger partial charge is 0.295 e. The van der Waals surface area contributed by atoms with Crippen molar-refractivity contribution in [2.75, 3.05) is 10.7 Å². The van der Waals surface area contributed by atoms with E-state index in [4.69, 9.17) is 23.2 Å². The molecule has 3 rings (SSSR count). The van der Waals surface area contributed by atoms with Crippen molar-refractivity contribution in [3.8, 4) is 0 Å². The van der Waals surface area contributed by atoms with E-state index in [-0.39, 0.29) is 17.1 Å². The van der Waals surface area contributed by atoms with Crippen LogP contribution in [0.1, 0.15) is 10.9 Å². The Morgan fingerprint density at radius 3 is 2.71 bits per heavy atom. The van der Waals surface area contributed by atoms with Gasteiger partial charge >= 0.3 is 0 Å². The maximum Gasteiger partial charge on any atom is 0.238 e. The van der Waals surface area contributed by atoms with Crippen LogP contribution in [-0.4, -0.2) is 11.7 Å². The zero-order chi connectivity index (χ0) is 15.0. The van der Waals surface area contributed by atoms with Crippen molar-refractivity contribution in [1.29, 1.82) is 0 Å². The maximum atomic E-state index is 13.4. The van der Waals surface area contributed by atoms with Gasteiger partial charge < -0.3 is 0 Å². The fourth-order valence-corrected chi connectivity index (χ4v) is 4.05. The van der Waals surface area contributed by atoms with Crippen LogP contribution in [0.5, 0.6) is 0 Å². The first-order valence-corrected chi connectivity index (χ1v) is 8.01. The summed E-state index contributed by atoms with van der Waals surface area (Å²) < 4.78 is 13.4. The summed E-state index contributed by atoms with van der Waals surface area (Å²) in [6, 6.07) is 11.2. The predicted molar refractivity (Wildman–Crippen MR) is 85.5 cm³/mol. The first-order valence-electron chi connectivity index (χ1n) is 6.20. The molecule has 1 heterocycles. The van der Waals surface area contributed by atoms with Crippen LogP contribution < -0.4 is 4.90 Å². The highest BCUT2D eigenvalue weighted by Crippen LogP contribution is 2.44. The van der Waals surface area contributed by atoms with Gasteiger partial charge in [0, 0.05) is 21.3 Å². The molecule has 1 fully saturated rings. The Balaban J connectivity index is 2.03. The molecule has 0 radical (unpaired) electrons. The van der Waals surface area contributed by atoms with Crippen LogP contribution in [0.2, 0.25) is 10.0 Å². The lowest BCUT2D eigenvalue weighted by molar-refractivity contribution is -0.115. The van der Waals surface area contributed by atoms with Gasteiger partial charge in [-0.25, -0.2) is 4.39 Å². The second-order valence-corrected chi connectivity index (χ2v) is 6.48. The van der Waals surface area contributed by atoms with Crippen LogP contribution in [-0.2, 0) is 4.79 Å². The number of anilines is 1. The van der Waals surface area contributed by atoms with E-state index < -0.39 is 0 Å². The minimum atomic E-state index is -0.377. The van der Waals surface area contributed by atoms with Crippen LogP contribution in [0.25, 0.3) is 0 Å². The average Bonchev–Trinajstić information content (AvgIpc) is 2.80. The number of nitrogens with zero attached hydrogens (tertiary/aromatic N) is 1. The lowest BCUT2D eigenvalue weighted by Crippen LogP contribution is -2.28. The Morgan fingerprint density at radius 2 is 2.00 bits per heavy atom.